The number of halogens is 2. The van der Waals surface area contributed by atoms with Crippen molar-refractivity contribution in [2.75, 3.05) is 7.05 Å². The number of nitrogens with one attached hydrogen (secondary N) is 1. The van der Waals surface area contributed by atoms with Crippen LogP contribution in [0.2, 0.25) is 0 Å². The SMILES string of the molecule is CNC(F)F.Cc1cc(C(C)(C)C)nn1CC=O. The second kappa shape index (κ2) is 7.20. The first-order chi connectivity index (χ1) is 8.22. The number of aldehydes is 1. The lowest BCUT2D eigenvalue weighted by Crippen LogP contribution is -2.13. The van der Waals surface area contributed by atoms with Gasteiger partial charge in [-0.15, -0.1) is 0 Å². The molecule has 0 aromatic carbocycles. The molecule has 18 heavy (non-hydrogen) atoms. The van der Waals surface area contributed by atoms with Crippen molar-refractivity contribution >= 4 is 6.29 Å². The van der Waals surface area contributed by atoms with Crippen molar-refractivity contribution in [3.05, 3.63) is 17.5 Å². The number of nitrogens with zero attached hydrogens (tertiary/aromatic N) is 2. The largest absolute Gasteiger partial charge is 0.301 e. The predicted octanol–water partition coefficient (Wildman–Crippen LogP) is 2.12. The Labute approximate surface area is 106 Å². The molecule has 1 aromatic rings. The van der Waals surface area contributed by atoms with Crippen LogP contribution in [0.15, 0.2) is 6.07 Å². The van der Waals surface area contributed by atoms with E-state index in [4.69, 9.17) is 0 Å². The highest BCUT2D eigenvalue weighted by molar-refractivity contribution is 5.49. The summed E-state index contributed by atoms with van der Waals surface area (Å²) in [5.74, 6) is 0. The van der Waals surface area contributed by atoms with Gasteiger partial charge >= 0.3 is 0 Å². The smallest absolute Gasteiger partial charge is 0.292 e. The highest BCUT2D eigenvalue weighted by Gasteiger charge is 2.18. The van der Waals surface area contributed by atoms with E-state index in [1.807, 2.05) is 13.0 Å². The molecule has 0 bridgehead atoms. The first-order valence-corrected chi connectivity index (χ1v) is 5.66. The molecule has 0 atom stereocenters. The average Bonchev–Trinajstić information content (AvgIpc) is 2.61. The van der Waals surface area contributed by atoms with Crippen molar-refractivity contribution in [3.8, 4) is 0 Å². The van der Waals surface area contributed by atoms with Gasteiger partial charge in [-0.1, -0.05) is 20.8 Å². The van der Waals surface area contributed by atoms with Crippen LogP contribution in [0.3, 0.4) is 0 Å². The Morgan fingerprint density at radius 3 is 2.28 bits per heavy atom. The predicted molar refractivity (Wildman–Crippen MR) is 66.8 cm³/mol. The van der Waals surface area contributed by atoms with E-state index in [9.17, 15) is 13.6 Å². The number of rotatable bonds is 3. The summed E-state index contributed by atoms with van der Waals surface area (Å²) in [6.45, 7) is 6.28. The van der Waals surface area contributed by atoms with Gasteiger partial charge in [0.25, 0.3) is 6.55 Å². The van der Waals surface area contributed by atoms with E-state index in [2.05, 4.69) is 25.9 Å². The van der Waals surface area contributed by atoms with Crippen molar-refractivity contribution < 1.29 is 13.6 Å². The third-order valence-electron chi connectivity index (χ3n) is 2.22. The first kappa shape index (κ1) is 16.7. The molecule has 0 amide bonds. The number of hydrogen-bond acceptors (Lipinski definition) is 3. The Balaban J connectivity index is 0.000000494. The molecule has 1 rings (SSSR count). The van der Waals surface area contributed by atoms with Gasteiger partial charge in [0.15, 0.2) is 0 Å². The van der Waals surface area contributed by atoms with Crippen molar-refractivity contribution in [1.82, 2.24) is 15.1 Å². The molecule has 0 aliphatic carbocycles. The second-order valence-corrected chi connectivity index (χ2v) is 4.86. The topological polar surface area (TPSA) is 46.9 Å². The maximum atomic E-state index is 10.7. The van der Waals surface area contributed by atoms with Gasteiger partial charge in [0.2, 0.25) is 0 Å². The van der Waals surface area contributed by atoms with Crippen molar-refractivity contribution in [2.24, 2.45) is 0 Å². The molecule has 0 aliphatic heterocycles. The monoisotopic (exact) mass is 261 g/mol. The van der Waals surface area contributed by atoms with Crippen LogP contribution in [0.1, 0.15) is 32.2 Å². The van der Waals surface area contributed by atoms with Crippen LogP contribution in [0.5, 0.6) is 0 Å². The number of carbonyl (C=O) groups is 1. The summed E-state index contributed by atoms with van der Waals surface area (Å²) in [6.07, 6.45) is 0.867. The van der Waals surface area contributed by atoms with Gasteiger partial charge in [-0.3, -0.25) is 10.00 Å². The van der Waals surface area contributed by atoms with Crippen molar-refractivity contribution in [3.63, 3.8) is 0 Å². The fourth-order valence-corrected chi connectivity index (χ4v) is 1.13. The number of hydrogen-bond donors (Lipinski definition) is 1. The summed E-state index contributed by atoms with van der Waals surface area (Å²) >= 11 is 0. The fraction of sp³-hybridized carbons (Fsp3) is 0.667. The third kappa shape index (κ3) is 5.86. The van der Waals surface area contributed by atoms with Crippen LogP contribution in [-0.2, 0) is 16.8 Å². The third-order valence-corrected chi connectivity index (χ3v) is 2.22. The maximum Gasteiger partial charge on any atom is 0.292 e. The first-order valence-electron chi connectivity index (χ1n) is 5.66. The number of aryl methyl sites for hydroxylation is 1. The van der Waals surface area contributed by atoms with Crippen LogP contribution in [-0.4, -0.2) is 29.7 Å². The zero-order chi connectivity index (χ0) is 14.3. The lowest BCUT2D eigenvalue weighted by Gasteiger charge is -2.13. The summed E-state index contributed by atoms with van der Waals surface area (Å²) in [4.78, 5) is 10.3. The van der Waals surface area contributed by atoms with E-state index in [1.165, 1.54) is 7.05 Å². The minimum Gasteiger partial charge on any atom is -0.301 e. The zero-order valence-electron chi connectivity index (χ0n) is 11.5. The highest BCUT2D eigenvalue weighted by Crippen LogP contribution is 2.21. The Hall–Kier alpha value is -1.30. The van der Waals surface area contributed by atoms with E-state index >= 15 is 0 Å². The molecule has 0 aliphatic rings. The quantitative estimate of drug-likeness (QED) is 0.669. The molecule has 0 fully saturated rings. The van der Waals surface area contributed by atoms with Gasteiger partial charge in [0.1, 0.15) is 6.29 Å². The summed E-state index contributed by atoms with van der Waals surface area (Å²) in [7, 11) is 1.20. The van der Waals surface area contributed by atoms with Crippen LogP contribution < -0.4 is 5.32 Å². The van der Waals surface area contributed by atoms with E-state index in [-0.39, 0.29) is 5.41 Å². The maximum absolute atomic E-state index is 10.7. The van der Waals surface area contributed by atoms with Gasteiger partial charge in [-0.25, -0.2) is 0 Å². The number of alkyl halides is 2. The summed E-state index contributed by atoms with van der Waals surface area (Å²) in [5.41, 5.74) is 2.13. The molecule has 0 spiro atoms. The Bertz CT molecular complexity index is 370. The molecule has 0 saturated carbocycles. The lowest BCUT2D eigenvalue weighted by atomic mass is 9.92. The van der Waals surface area contributed by atoms with Gasteiger partial charge < -0.3 is 4.79 Å². The van der Waals surface area contributed by atoms with E-state index in [0.717, 1.165) is 17.7 Å². The minimum atomic E-state index is -2.37. The van der Waals surface area contributed by atoms with Gasteiger partial charge in [0, 0.05) is 11.1 Å². The average molecular weight is 261 g/mol. The lowest BCUT2D eigenvalue weighted by molar-refractivity contribution is -0.108. The highest BCUT2D eigenvalue weighted by atomic mass is 19.3. The van der Waals surface area contributed by atoms with E-state index in [1.54, 1.807) is 10.00 Å². The normalized spacial score (nSPS) is 11.1. The molecule has 104 valence electrons. The molecule has 0 radical (unpaired) electrons. The second-order valence-electron chi connectivity index (χ2n) is 4.86. The van der Waals surface area contributed by atoms with E-state index < -0.39 is 6.55 Å². The zero-order valence-corrected chi connectivity index (χ0v) is 11.5. The fourth-order valence-electron chi connectivity index (χ4n) is 1.13. The summed E-state index contributed by atoms with van der Waals surface area (Å²) < 4.78 is 23.0. The van der Waals surface area contributed by atoms with Gasteiger partial charge in [-0.05, 0) is 20.0 Å². The minimum absolute atomic E-state index is 0.0545. The van der Waals surface area contributed by atoms with Gasteiger partial charge in [-0.2, -0.15) is 13.9 Å². The molecule has 0 unspecified atom stereocenters. The summed E-state index contributed by atoms with van der Waals surface area (Å²) in [5, 5.41) is 6.05. The number of aromatic nitrogens is 2. The van der Waals surface area contributed by atoms with Gasteiger partial charge in [0.05, 0.1) is 12.2 Å². The van der Waals surface area contributed by atoms with Crippen molar-refractivity contribution in [2.45, 2.75) is 46.2 Å². The van der Waals surface area contributed by atoms with Crippen LogP contribution >= 0.6 is 0 Å². The Kier molecular flexibility index (Phi) is 6.68. The molecule has 1 aromatic heterocycles. The van der Waals surface area contributed by atoms with Crippen LogP contribution in [0, 0.1) is 6.92 Å². The summed E-state index contributed by atoms with van der Waals surface area (Å²) in [6, 6.07) is 2.03. The molecule has 6 heteroatoms. The van der Waals surface area contributed by atoms with Crippen LogP contribution in [0.4, 0.5) is 8.78 Å². The van der Waals surface area contributed by atoms with Crippen LogP contribution in [0.25, 0.3) is 0 Å². The molecular formula is C12H21F2N3O. The Morgan fingerprint density at radius 1 is 1.50 bits per heavy atom. The number of carbonyl (C=O) groups excluding carboxylic acids is 1. The molecule has 4 nitrogen and oxygen atoms in total. The molecule has 0 saturated heterocycles. The van der Waals surface area contributed by atoms with Crippen molar-refractivity contribution in [1.29, 1.82) is 0 Å². The standard InChI is InChI=1S/C10H16N2O.C2H5F2N/c1-8-7-9(10(2,3)4)11-12(8)5-6-13;1-5-2(3)4/h6-7H,5H2,1-4H3;2,5H,1H3. The Morgan fingerprint density at radius 2 is 2.00 bits per heavy atom. The van der Waals surface area contributed by atoms with E-state index in [0.29, 0.717) is 6.54 Å². The molecule has 1 heterocycles. The molecule has 1 N–H and O–H groups in total. The molecular weight excluding hydrogens is 240 g/mol.